The van der Waals surface area contributed by atoms with Crippen LogP contribution in [0.3, 0.4) is 0 Å². The molecule has 0 saturated heterocycles. The topological polar surface area (TPSA) is 146 Å². The van der Waals surface area contributed by atoms with Gasteiger partial charge in [0.25, 0.3) is 0 Å². The number of hydrogen-bond acceptors (Lipinski definition) is 9. The second-order valence-electron chi connectivity index (χ2n) is 34.2. The molecule has 1 atom stereocenters. The first kappa shape index (κ1) is 104. The van der Waals surface area contributed by atoms with Gasteiger partial charge in [0.05, 0.1) is 41.6 Å². The first-order valence-electron chi connectivity index (χ1n) is 30.1. The number of methoxy groups -OCH3 is 2. The minimum atomic E-state index is -0.757. The van der Waals surface area contributed by atoms with Crippen molar-refractivity contribution in [3.63, 3.8) is 0 Å². The number of nitriles is 1. The molecule has 0 radical (unpaired) electrons. The number of halogens is 1. The van der Waals surface area contributed by atoms with E-state index in [0.717, 1.165) is 12.3 Å². The summed E-state index contributed by atoms with van der Waals surface area (Å²) >= 11 is 0. The molecule has 10 nitrogen and oxygen atoms in total. The van der Waals surface area contributed by atoms with Crippen LogP contribution in [0.25, 0.3) is 0 Å². The first-order valence-corrected chi connectivity index (χ1v) is 30.1. The van der Waals surface area contributed by atoms with Gasteiger partial charge in [-0.15, -0.1) is 0 Å². The van der Waals surface area contributed by atoms with Gasteiger partial charge in [0, 0.05) is 25.7 Å². The van der Waals surface area contributed by atoms with Crippen LogP contribution < -0.4 is 0 Å². The minimum absolute atomic E-state index is 0.0417. The van der Waals surface area contributed by atoms with E-state index >= 15 is 0 Å². The van der Waals surface area contributed by atoms with Gasteiger partial charge in [0.2, 0.25) is 0 Å². The summed E-state index contributed by atoms with van der Waals surface area (Å²) in [6, 6.07) is 2.11. The van der Waals surface area contributed by atoms with E-state index in [1.807, 2.05) is 90.0 Å². The van der Waals surface area contributed by atoms with Crippen LogP contribution in [-0.2, 0) is 28.6 Å². The van der Waals surface area contributed by atoms with E-state index in [0.29, 0.717) is 52.2 Å². The zero-order valence-electron chi connectivity index (χ0n) is 63.7. The van der Waals surface area contributed by atoms with E-state index in [2.05, 4.69) is 196 Å². The third-order valence-electron chi connectivity index (χ3n) is 12.2. The van der Waals surface area contributed by atoms with Gasteiger partial charge in [0.15, 0.2) is 0 Å². The van der Waals surface area contributed by atoms with Crippen molar-refractivity contribution in [1.29, 1.82) is 5.26 Å². The highest BCUT2D eigenvalue weighted by molar-refractivity contribution is 5.75. The molecular formula is C70H153FN2O8. The molecule has 2 N–H and O–H groups in total. The summed E-state index contributed by atoms with van der Waals surface area (Å²) in [5.74, 6) is -0.262. The molecule has 0 rings (SSSR count). The molecule has 0 aromatic heterocycles. The highest BCUT2D eigenvalue weighted by Crippen LogP contribution is 2.36. The Balaban J connectivity index is -0.0000000740. The highest BCUT2D eigenvalue weighted by Gasteiger charge is 2.27. The summed E-state index contributed by atoms with van der Waals surface area (Å²) in [5.41, 5.74) is 1.34. The minimum Gasteiger partial charge on any atom is -0.481 e. The number of carbonyl (C=O) groups excluding carboxylic acids is 2. The number of ether oxygens (including phenoxy) is 3. The summed E-state index contributed by atoms with van der Waals surface area (Å²) in [7, 11) is 7.27. The van der Waals surface area contributed by atoms with Crippen LogP contribution in [0.1, 0.15) is 316 Å². The average Bonchev–Trinajstić information content (AvgIpc) is 3.18. The average molecular weight is 1170 g/mol. The molecule has 0 saturated carbocycles. The normalized spacial score (nSPS) is 12.4. The van der Waals surface area contributed by atoms with Crippen LogP contribution in [0.15, 0.2) is 0 Å². The van der Waals surface area contributed by atoms with Gasteiger partial charge in [0.1, 0.15) is 6.17 Å². The molecule has 0 aromatic carbocycles. The zero-order chi connectivity index (χ0) is 69.2. The van der Waals surface area contributed by atoms with Crippen LogP contribution >= 0.6 is 0 Å². The molecule has 0 heterocycles. The van der Waals surface area contributed by atoms with Gasteiger partial charge in [-0.25, -0.2) is 4.39 Å². The Hall–Kier alpha value is -2.29. The molecule has 498 valence electrons. The number of carbonyl (C=O) groups is 3. The Morgan fingerprint density at radius 3 is 0.815 bits per heavy atom. The van der Waals surface area contributed by atoms with E-state index in [4.69, 9.17) is 24.9 Å². The summed E-state index contributed by atoms with van der Waals surface area (Å²) in [4.78, 5) is 33.7. The van der Waals surface area contributed by atoms with Crippen LogP contribution in [0.4, 0.5) is 4.39 Å². The Kier molecular flexibility index (Phi) is 60.1. The Labute approximate surface area is 510 Å². The van der Waals surface area contributed by atoms with E-state index in [9.17, 15) is 18.8 Å². The quantitative estimate of drug-likeness (QED) is 0.261. The number of alkyl halides is 1. The standard InChI is InChI=1S/2C8H18.C7H14O2.C7H16.C6H13F.C6H15N.C6H11N.C6H12O2.C6H14O.C5H10O2.C5H12O/c1-7(2,3)8(4,5)6;1-5-6-7-8(2,3)4;1-5-9-6(8)7(2,3)4;1-6(2)7(3,4)5;1-5(7)6(2,3)4;1-6(2,3)7(4)5;1-6(2,3)4-5-7;1-6(2,3)5(7)8-4;1-6(2,3)4-5-7;1-5(2,3)4(6)7;1-5(2,3)6-4/h1-6H3;5-7H2,1-4H3;5H2,1-4H3;6H,1-5H3;5H,1-4H3;1-5H3;4H2,1-3H3;1-4H3;7H,4-5H2,1-3H3;1-3H3,(H,6,7);1-4H3. The van der Waals surface area contributed by atoms with Gasteiger partial charge in [-0.2, -0.15) is 5.26 Å². The fraction of sp³-hybridized carbons (Fsp3) is 0.943. The van der Waals surface area contributed by atoms with Crippen LogP contribution in [-0.4, -0.2) is 91.9 Å². The number of esters is 2. The summed E-state index contributed by atoms with van der Waals surface area (Å²) in [6.07, 6.45) is 4.91. The lowest BCUT2D eigenvalue weighted by molar-refractivity contribution is -0.152. The Bertz CT molecular complexity index is 1440. The summed E-state index contributed by atoms with van der Waals surface area (Å²) in [6.45, 7) is 84.9. The fourth-order valence-electron chi connectivity index (χ4n) is 1.93. The van der Waals surface area contributed by atoms with Crippen LogP contribution in [0.5, 0.6) is 0 Å². The molecule has 0 aliphatic rings. The number of carboxylic acids is 1. The lowest BCUT2D eigenvalue weighted by Crippen LogP contribution is -2.34. The summed E-state index contributed by atoms with van der Waals surface area (Å²) in [5, 5.41) is 24.8. The SMILES string of the molecule is CC(C)(C)C(=O)O.CC(C)(C)C(C)(C)C.CC(C)(C)CC#N.CC(C)(C)CCO.CC(C)C(C)(C)C.CC(F)C(C)(C)C.CCCCC(C)(C)C.CCOC(=O)C(C)(C)C.CN(C)C(C)(C)C.COC(=O)C(C)(C)C.COC(C)(C)C. The van der Waals surface area contributed by atoms with Crippen molar-refractivity contribution in [1.82, 2.24) is 4.90 Å². The molecule has 0 bridgehead atoms. The molecular weight excluding hydrogens is 1020 g/mol. The fourth-order valence-corrected chi connectivity index (χ4v) is 1.93. The Morgan fingerprint density at radius 1 is 0.531 bits per heavy atom. The maximum absolute atomic E-state index is 12.2. The molecule has 0 amide bonds. The Morgan fingerprint density at radius 2 is 0.790 bits per heavy atom. The van der Waals surface area contributed by atoms with Crippen molar-refractivity contribution in [3.05, 3.63) is 0 Å². The van der Waals surface area contributed by atoms with Crippen LogP contribution in [0.2, 0.25) is 0 Å². The molecule has 0 spiro atoms. The molecule has 11 heteroatoms. The second kappa shape index (κ2) is 46.9. The van der Waals surface area contributed by atoms with Crippen molar-refractivity contribution in [2.24, 2.45) is 60.1 Å². The number of nitrogens with zero attached hydrogens (tertiary/aromatic N) is 2. The van der Waals surface area contributed by atoms with Crippen molar-refractivity contribution in [3.8, 4) is 6.07 Å². The van der Waals surface area contributed by atoms with Gasteiger partial charge in [-0.05, 0) is 188 Å². The monoisotopic (exact) mass is 1170 g/mol. The van der Waals surface area contributed by atoms with Crippen molar-refractivity contribution >= 4 is 17.9 Å². The van der Waals surface area contributed by atoms with E-state index < -0.39 is 17.6 Å². The van der Waals surface area contributed by atoms with Gasteiger partial charge in [-0.1, -0.05) is 179 Å². The van der Waals surface area contributed by atoms with Crippen molar-refractivity contribution < 1.29 is 43.2 Å². The van der Waals surface area contributed by atoms with E-state index in [1.165, 1.54) is 26.4 Å². The lowest BCUT2D eigenvalue weighted by atomic mass is 9.71. The van der Waals surface area contributed by atoms with Crippen molar-refractivity contribution in [2.75, 3.05) is 41.5 Å². The largest absolute Gasteiger partial charge is 0.481 e. The second-order valence-corrected chi connectivity index (χ2v) is 34.2. The first-order chi connectivity index (χ1) is 34.7. The summed E-state index contributed by atoms with van der Waals surface area (Å²) < 4.78 is 26.4. The number of unbranched alkanes of at least 4 members (excludes halogenated alkanes) is 1. The molecule has 81 heavy (non-hydrogen) atoms. The van der Waals surface area contributed by atoms with Gasteiger partial charge < -0.3 is 29.3 Å². The smallest absolute Gasteiger partial charge is 0.311 e. The molecule has 0 aliphatic carbocycles. The predicted molar refractivity (Wildman–Crippen MR) is 358 cm³/mol. The number of aliphatic hydroxyl groups excluding tert-OH is 1. The predicted octanol–water partition coefficient (Wildman–Crippen LogP) is 21.4. The third-order valence-corrected chi connectivity index (χ3v) is 12.2. The zero-order valence-corrected chi connectivity index (χ0v) is 63.7. The lowest BCUT2D eigenvalue weighted by Gasteiger charge is -2.34. The number of hydrogen-bond donors (Lipinski definition) is 2. The number of aliphatic hydroxyl groups is 1. The molecule has 1 unspecified atom stereocenters. The highest BCUT2D eigenvalue weighted by atomic mass is 19.1. The molecule has 0 aromatic rings. The van der Waals surface area contributed by atoms with Crippen LogP contribution in [0, 0.1) is 71.4 Å². The van der Waals surface area contributed by atoms with Crippen molar-refractivity contribution in [2.45, 2.75) is 333 Å². The number of rotatable bonds is 4. The molecule has 0 aliphatic heterocycles. The van der Waals surface area contributed by atoms with E-state index in [1.54, 1.807) is 34.8 Å². The third kappa shape index (κ3) is 110. The van der Waals surface area contributed by atoms with E-state index in [-0.39, 0.29) is 39.2 Å². The maximum atomic E-state index is 12.2. The number of aliphatic carboxylic acids is 1. The maximum Gasteiger partial charge on any atom is 0.311 e. The number of carboxylic acid groups (broad SMARTS) is 1. The van der Waals surface area contributed by atoms with Gasteiger partial charge in [-0.3, -0.25) is 14.4 Å². The molecule has 0 fully saturated rings. The van der Waals surface area contributed by atoms with Gasteiger partial charge >= 0.3 is 17.9 Å².